The van der Waals surface area contributed by atoms with Crippen molar-refractivity contribution in [2.75, 3.05) is 51.0 Å². The number of hydrogen-bond donors (Lipinski definition) is 1. The summed E-state index contributed by atoms with van der Waals surface area (Å²) in [6.07, 6.45) is 0.638. The molecule has 2 fully saturated rings. The van der Waals surface area contributed by atoms with Crippen LogP contribution in [0, 0.1) is 0 Å². The predicted molar refractivity (Wildman–Crippen MR) is 88.1 cm³/mol. The summed E-state index contributed by atoms with van der Waals surface area (Å²) in [5.74, 6) is 1.31. The lowest BCUT2D eigenvalue weighted by Gasteiger charge is -2.29. The minimum atomic E-state index is 0.0240. The Morgan fingerprint density at radius 1 is 1.17 bits per heavy atom. The minimum Gasteiger partial charge on any atom is -0.378 e. The number of aromatic nitrogens is 2. The fraction of sp³-hybridized carbons (Fsp3) is 0.529. The lowest BCUT2D eigenvalue weighted by molar-refractivity contribution is 0.0734. The van der Waals surface area contributed by atoms with Gasteiger partial charge in [0.05, 0.1) is 38.9 Å². The van der Waals surface area contributed by atoms with Crippen LogP contribution in [0.1, 0.15) is 23.3 Å². The summed E-state index contributed by atoms with van der Waals surface area (Å²) in [7, 11) is 0. The summed E-state index contributed by atoms with van der Waals surface area (Å²) in [6, 6.07) is 8.52. The Kier molecular flexibility index (Phi) is 4.73. The first-order valence-corrected chi connectivity index (χ1v) is 8.44. The molecule has 7 nitrogen and oxygen atoms in total. The van der Waals surface area contributed by atoms with Gasteiger partial charge in [-0.1, -0.05) is 17.3 Å². The summed E-state index contributed by atoms with van der Waals surface area (Å²) in [4.78, 5) is 6.86. The van der Waals surface area contributed by atoms with E-state index in [1.807, 2.05) is 0 Å². The molecule has 0 radical (unpaired) electrons. The lowest BCUT2D eigenvalue weighted by atomic mass is 10.1. The third kappa shape index (κ3) is 3.58. The van der Waals surface area contributed by atoms with Crippen LogP contribution >= 0.6 is 0 Å². The van der Waals surface area contributed by atoms with Crippen LogP contribution in [0.3, 0.4) is 0 Å². The molecule has 7 heteroatoms. The fourth-order valence-electron chi connectivity index (χ4n) is 3.07. The predicted octanol–water partition coefficient (Wildman–Crippen LogP) is 1.16. The average molecular weight is 330 g/mol. The van der Waals surface area contributed by atoms with Crippen molar-refractivity contribution < 1.29 is 14.0 Å². The van der Waals surface area contributed by atoms with E-state index in [1.54, 1.807) is 0 Å². The van der Waals surface area contributed by atoms with Gasteiger partial charge < -0.3 is 24.2 Å². The van der Waals surface area contributed by atoms with Gasteiger partial charge in [-0.15, -0.1) is 0 Å². The molecule has 3 heterocycles. The zero-order valence-corrected chi connectivity index (χ0v) is 13.6. The molecule has 1 N–H and O–H groups in total. The van der Waals surface area contributed by atoms with E-state index in [4.69, 9.17) is 14.0 Å². The van der Waals surface area contributed by atoms with E-state index in [9.17, 15) is 0 Å². The molecule has 1 unspecified atom stereocenters. The molecule has 128 valence electrons. The topological polar surface area (TPSA) is 72.7 Å². The minimum absolute atomic E-state index is 0.0240. The van der Waals surface area contributed by atoms with Crippen molar-refractivity contribution >= 4 is 5.69 Å². The second-order valence-corrected chi connectivity index (χ2v) is 6.07. The molecule has 0 spiro atoms. The molecule has 0 aliphatic carbocycles. The monoisotopic (exact) mass is 330 g/mol. The first-order valence-electron chi connectivity index (χ1n) is 8.44. The maximum Gasteiger partial charge on any atom is 0.231 e. The summed E-state index contributed by atoms with van der Waals surface area (Å²) in [6.45, 7) is 5.57. The maximum absolute atomic E-state index is 5.45. The van der Waals surface area contributed by atoms with Gasteiger partial charge in [-0.25, -0.2) is 0 Å². The second kappa shape index (κ2) is 7.29. The van der Waals surface area contributed by atoms with Crippen LogP contribution in [0.4, 0.5) is 5.69 Å². The Balaban J connectivity index is 1.44. The number of nitrogens with one attached hydrogen (secondary N) is 1. The van der Waals surface area contributed by atoms with E-state index in [2.05, 4.69) is 44.6 Å². The van der Waals surface area contributed by atoms with E-state index in [0.29, 0.717) is 24.7 Å². The standard InChI is InChI=1S/C17H22N4O3/c1-2-13(10-14(3-1)21-5-8-22-9-6-21)11-16-19-17(20-24-16)15-12-23-7-4-18-15/h1-3,10,15,18H,4-9,11-12H2. The number of nitrogens with zero attached hydrogens (tertiary/aromatic N) is 3. The molecule has 24 heavy (non-hydrogen) atoms. The zero-order chi connectivity index (χ0) is 16.2. The van der Waals surface area contributed by atoms with Crippen LogP contribution in [-0.4, -0.2) is 56.2 Å². The highest BCUT2D eigenvalue weighted by Crippen LogP contribution is 2.20. The van der Waals surface area contributed by atoms with E-state index < -0.39 is 0 Å². The van der Waals surface area contributed by atoms with Crippen molar-refractivity contribution in [1.82, 2.24) is 15.5 Å². The van der Waals surface area contributed by atoms with Crippen LogP contribution in [0.15, 0.2) is 28.8 Å². The molecule has 2 aliphatic rings. The van der Waals surface area contributed by atoms with Crippen molar-refractivity contribution in [3.05, 3.63) is 41.5 Å². The second-order valence-electron chi connectivity index (χ2n) is 6.07. The highest BCUT2D eigenvalue weighted by molar-refractivity contribution is 5.49. The first-order chi connectivity index (χ1) is 11.9. The fourth-order valence-corrected chi connectivity index (χ4v) is 3.07. The molecular weight excluding hydrogens is 308 g/mol. The van der Waals surface area contributed by atoms with Gasteiger partial charge in [0.2, 0.25) is 5.89 Å². The first kappa shape index (κ1) is 15.6. The quantitative estimate of drug-likeness (QED) is 0.902. The Labute approximate surface area is 140 Å². The number of ether oxygens (including phenoxy) is 2. The molecule has 2 aliphatic heterocycles. The van der Waals surface area contributed by atoms with Gasteiger partial charge in [0.1, 0.15) is 0 Å². The number of hydrogen-bond acceptors (Lipinski definition) is 7. The van der Waals surface area contributed by atoms with Gasteiger partial charge in [-0.2, -0.15) is 4.98 Å². The Morgan fingerprint density at radius 3 is 2.92 bits per heavy atom. The van der Waals surface area contributed by atoms with Crippen LogP contribution < -0.4 is 10.2 Å². The van der Waals surface area contributed by atoms with E-state index in [0.717, 1.165) is 39.5 Å². The number of morpholine rings is 2. The average Bonchev–Trinajstić information content (AvgIpc) is 3.12. The number of anilines is 1. The smallest absolute Gasteiger partial charge is 0.231 e. The van der Waals surface area contributed by atoms with E-state index >= 15 is 0 Å². The van der Waals surface area contributed by atoms with Crippen LogP contribution in [-0.2, 0) is 15.9 Å². The Hall–Kier alpha value is -1.96. The summed E-state index contributed by atoms with van der Waals surface area (Å²) in [5.41, 5.74) is 2.39. The lowest BCUT2D eigenvalue weighted by Crippen LogP contribution is -2.36. The van der Waals surface area contributed by atoms with Crippen molar-refractivity contribution in [1.29, 1.82) is 0 Å². The molecule has 2 aromatic rings. The van der Waals surface area contributed by atoms with Crippen molar-refractivity contribution in [2.45, 2.75) is 12.5 Å². The molecule has 1 aromatic carbocycles. The molecule has 1 aromatic heterocycles. The molecular formula is C17H22N4O3. The maximum atomic E-state index is 5.45. The highest BCUT2D eigenvalue weighted by atomic mass is 16.5. The molecule has 2 saturated heterocycles. The van der Waals surface area contributed by atoms with Crippen LogP contribution in [0.2, 0.25) is 0 Å². The van der Waals surface area contributed by atoms with Gasteiger partial charge in [-0.3, -0.25) is 0 Å². The molecule has 0 saturated carbocycles. The number of rotatable bonds is 4. The van der Waals surface area contributed by atoms with Gasteiger partial charge >= 0.3 is 0 Å². The summed E-state index contributed by atoms with van der Waals surface area (Å²) >= 11 is 0. The molecule has 0 amide bonds. The Morgan fingerprint density at radius 2 is 2.08 bits per heavy atom. The zero-order valence-electron chi connectivity index (χ0n) is 13.6. The largest absolute Gasteiger partial charge is 0.378 e. The SMILES string of the molecule is c1cc(Cc2nc(C3COCCN3)no2)cc(N2CCOCC2)c1. The van der Waals surface area contributed by atoms with Crippen molar-refractivity contribution in [2.24, 2.45) is 0 Å². The molecule has 4 rings (SSSR count). The third-order valence-electron chi connectivity index (χ3n) is 4.36. The molecule has 0 bridgehead atoms. The van der Waals surface area contributed by atoms with E-state index in [-0.39, 0.29) is 6.04 Å². The van der Waals surface area contributed by atoms with Crippen LogP contribution in [0.25, 0.3) is 0 Å². The third-order valence-corrected chi connectivity index (χ3v) is 4.36. The Bertz CT molecular complexity index is 663. The van der Waals surface area contributed by atoms with Gasteiger partial charge in [-0.05, 0) is 17.7 Å². The summed E-state index contributed by atoms with van der Waals surface area (Å²) in [5, 5.41) is 7.43. The van der Waals surface area contributed by atoms with E-state index in [1.165, 1.54) is 11.3 Å². The normalized spacial score (nSPS) is 21.8. The van der Waals surface area contributed by atoms with Crippen molar-refractivity contribution in [3.63, 3.8) is 0 Å². The summed E-state index contributed by atoms with van der Waals surface area (Å²) < 4.78 is 16.3. The van der Waals surface area contributed by atoms with Gasteiger partial charge in [0.15, 0.2) is 5.82 Å². The van der Waals surface area contributed by atoms with Gasteiger partial charge in [0.25, 0.3) is 0 Å². The van der Waals surface area contributed by atoms with Crippen molar-refractivity contribution in [3.8, 4) is 0 Å². The van der Waals surface area contributed by atoms with Crippen LogP contribution in [0.5, 0.6) is 0 Å². The van der Waals surface area contributed by atoms with Gasteiger partial charge in [0, 0.05) is 25.3 Å². The number of benzene rings is 1. The highest BCUT2D eigenvalue weighted by Gasteiger charge is 2.21. The molecule has 1 atom stereocenters.